The number of rotatable bonds is 6. The molecule has 0 aliphatic heterocycles. The second-order valence-electron chi connectivity index (χ2n) is 4.80. The lowest BCUT2D eigenvalue weighted by Gasteiger charge is -2.21. The number of hydrogen-bond acceptors (Lipinski definition) is 2. The quantitative estimate of drug-likeness (QED) is 0.603. The van der Waals surface area contributed by atoms with Gasteiger partial charge in [0.25, 0.3) is 0 Å². The molecule has 0 fully saturated rings. The second kappa shape index (κ2) is 8.15. The van der Waals surface area contributed by atoms with Crippen LogP contribution in [0.3, 0.4) is 0 Å². The molecular formula is C17H19BrINO. The van der Waals surface area contributed by atoms with Gasteiger partial charge in [-0.2, -0.15) is 0 Å². The van der Waals surface area contributed by atoms with Crippen molar-refractivity contribution in [3.05, 3.63) is 61.6 Å². The van der Waals surface area contributed by atoms with E-state index in [-0.39, 0.29) is 6.04 Å². The molecule has 2 nitrogen and oxygen atoms in total. The first-order valence-corrected chi connectivity index (χ1v) is 8.85. The van der Waals surface area contributed by atoms with E-state index < -0.39 is 0 Å². The first-order valence-electron chi connectivity index (χ1n) is 6.98. The van der Waals surface area contributed by atoms with Crippen molar-refractivity contribution < 1.29 is 4.74 Å². The molecule has 0 saturated heterocycles. The van der Waals surface area contributed by atoms with E-state index in [4.69, 9.17) is 4.74 Å². The monoisotopic (exact) mass is 459 g/mol. The predicted octanol–water partition coefficient (Wildman–Crippen LogP) is 5.15. The van der Waals surface area contributed by atoms with Gasteiger partial charge >= 0.3 is 0 Å². The summed E-state index contributed by atoms with van der Waals surface area (Å²) in [6, 6.07) is 15.0. The third kappa shape index (κ3) is 4.20. The van der Waals surface area contributed by atoms with Gasteiger partial charge in [-0.05, 0) is 80.8 Å². The van der Waals surface area contributed by atoms with Crippen LogP contribution in [0.5, 0.6) is 5.75 Å². The lowest BCUT2D eigenvalue weighted by Crippen LogP contribution is -2.24. The van der Waals surface area contributed by atoms with E-state index in [1.54, 1.807) is 7.11 Å². The molecule has 0 radical (unpaired) electrons. The molecule has 1 N–H and O–H groups in total. The summed E-state index contributed by atoms with van der Waals surface area (Å²) in [7, 11) is 1.69. The van der Waals surface area contributed by atoms with Gasteiger partial charge < -0.3 is 10.1 Å². The van der Waals surface area contributed by atoms with E-state index in [9.17, 15) is 0 Å². The minimum atomic E-state index is 0.195. The van der Waals surface area contributed by atoms with Crippen LogP contribution >= 0.6 is 38.5 Å². The van der Waals surface area contributed by atoms with Crippen LogP contribution in [0.1, 0.15) is 30.5 Å². The molecule has 0 bridgehead atoms. The molecule has 112 valence electrons. The fourth-order valence-electron chi connectivity index (χ4n) is 2.27. The topological polar surface area (TPSA) is 21.3 Å². The average molecular weight is 460 g/mol. The van der Waals surface area contributed by atoms with Crippen molar-refractivity contribution in [3.63, 3.8) is 0 Å². The van der Waals surface area contributed by atoms with E-state index in [0.29, 0.717) is 0 Å². The molecule has 0 saturated carbocycles. The molecule has 2 aromatic rings. The highest BCUT2D eigenvalue weighted by Crippen LogP contribution is 2.32. The van der Waals surface area contributed by atoms with E-state index in [2.05, 4.69) is 87.2 Å². The van der Waals surface area contributed by atoms with Crippen molar-refractivity contribution in [2.45, 2.75) is 19.4 Å². The van der Waals surface area contributed by atoms with Crippen LogP contribution in [-0.4, -0.2) is 13.7 Å². The number of halogens is 2. The first-order chi connectivity index (χ1) is 10.2. The lowest BCUT2D eigenvalue weighted by atomic mass is 9.98. The molecule has 2 rings (SSSR count). The third-order valence-corrected chi connectivity index (χ3v) is 4.93. The van der Waals surface area contributed by atoms with Gasteiger partial charge in [-0.3, -0.25) is 0 Å². The Labute approximate surface area is 148 Å². The zero-order valence-corrected chi connectivity index (χ0v) is 15.9. The summed E-state index contributed by atoms with van der Waals surface area (Å²) in [5.41, 5.74) is 2.55. The zero-order chi connectivity index (χ0) is 15.2. The van der Waals surface area contributed by atoms with Crippen LogP contribution in [0.25, 0.3) is 0 Å². The van der Waals surface area contributed by atoms with Crippen molar-refractivity contribution in [3.8, 4) is 5.75 Å². The molecule has 0 amide bonds. The summed E-state index contributed by atoms with van der Waals surface area (Å²) >= 11 is 5.98. The van der Waals surface area contributed by atoms with Gasteiger partial charge in [0.15, 0.2) is 0 Å². The second-order valence-corrected chi connectivity index (χ2v) is 6.82. The highest BCUT2D eigenvalue weighted by Gasteiger charge is 2.17. The van der Waals surface area contributed by atoms with Crippen LogP contribution in [0.4, 0.5) is 0 Å². The van der Waals surface area contributed by atoms with Crippen molar-refractivity contribution in [2.75, 3.05) is 13.7 Å². The van der Waals surface area contributed by atoms with Crippen molar-refractivity contribution in [2.24, 2.45) is 0 Å². The smallest absolute Gasteiger partial charge is 0.133 e. The minimum absolute atomic E-state index is 0.195. The van der Waals surface area contributed by atoms with Gasteiger partial charge in [0.05, 0.1) is 17.6 Å². The van der Waals surface area contributed by atoms with Crippen LogP contribution in [0, 0.1) is 3.57 Å². The SMILES string of the molecule is CCCNC(c1ccc(OC)c(Br)c1)c1ccccc1I. The Balaban J connectivity index is 2.40. The van der Waals surface area contributed by atoms with E-state index in [0.717, 1.165) is 23.2 Å². The van der Waals surface area contributed by atoms with Crippen molar-refractivity contribution in [1.82, 2.24) is 5.32 Å². The fourth-order valence-corrected chi connectivity index (χ4v) is 3.52. The first kappa shape index (κ1) is 16.8. The molecule has 0 aromatic heterocycles. The van der Waals surface area contributed by atoms with Gasteiger partial charge in [-0.1, -0.05) is 31.2 Å². The summed E-state index contributed by atoms with van der Waals surface area (Å²) in [6.45, 7) is 3.17. The number of ether oxygens (including phenoxy) is 1. The highest BCUT2D eigenvalue weighted by atomic mass is 127. The number of methoxy groups -OCH3 is 1. The highest BCUT2D eigenvalue weighted by molar-refractivity contribution is 14.1. The molecule has 0 aliphatic carbocycles. The Kier molecular flexibility index (Phi) is 6.51. The third-order valence-electron chi connectivity index (χ3n) is 3.32. The molecule has 0 heterocycles. The van der Waals surface area contributed by atoms with Gasteiger partial charge in [-0.15, -0.1) is 0 Å². The maximum absolute atomic E-state index is 5.32. The van der Waals surface area contributed by atoms with Crippen molar-refractivity contribution in [1.29, 1.82) is 0 Å². The fraction of sp³-hybridized carbons (Fsp3) is 0.294. The summed E-state index contributed by atoms with van der Waals surface area (Å²) in [5.74, 6) is 0.857. The summed E-state index contributed by atoms with van der Waals surface area (Å²) in [6.07, 6.45) is 1.11. The standard InChI is InChI=1S/C17H19BrINO/c1-3-10-20-17(13-6-4-5-7-15(13)19)12-8-9-16(21-2)14(18)11-12/h4-9,11,17,20H,3,10H2,1-2H3. The number of benzene rings is 2. The van der Waals surface area contributed by atoms with Gasteiger partial charge in [0.1, 0.15) is 5.75 Å². The Bertz CT molecular complexity index is 603. The number of hydrogen-bond donors (Lipinski definition) is 1. The molecule has 0 spiro atoms. The van der Waals surface area contributed by atoms with Gasteiger partial charge in [0, 0.05) is 3.57 Å². The molecule has 1 unspecified atom stereocenters. The normalized spacial score (nSPS) is 12.2. The van der Waals surface area contributed by atoms with Crippen LogP contribution in [0.2, 0.25) is 0 Å². The molecule has 21 heavy (non-hydrogen) atoms. The van der Waals surface area contributed by atoms with Crippen molar-refractivity contribution >= 4 is 38.5 Å². The summed E-state index contributed by atoms with van der Waals surface area (Å²) < 4.78 is 7.58. The van der Waals surface area contributed by atoms with Gasteiger partial charge in [0.2, 0.25) is 0 Å². The maximum atomic E-state index is 5.32. The molecule has 4 heteroatoms. The lowest BCUT2D eigenvalue weighted by molar-refractivity contribution is 0.411. The Morgan fingerprint density at radius 2 is 2.00 bits per heavy atom. The maximum Gasteiger partial charge on any atom is 0.133 e. The summed E-state index contributed by atoms with van der Waals surface area (Å²) in [4.78, 5) is 0. The average Bonchev–Trinajstić information content (AvgIpc) is 2.49. The molecule has 0 aliphatic rings. The van der Waals surface area contributed by atoms with Crippen LogP contribution in [-0.2, 0) is 0 Å². The van der Waals surface area contributed by atoms with E-state index in [1.165, 1.54) is 14.7 Å². The Morgan fingerprint density at radius 3 is 2.62 bits per heavy atom. The largest absolute Gasteiger partial charge is 0.496 e. The minimum Gasteiger partial charge on any atom is -0.496 e. The molecule has 2 aromatic carbocycles. The Morgan fingerprint density at radius 1 is 1.24 bits per heavy atom. The number of nitrogens with one attached hydrogen (secondary N) is 1. The van der Waals surface area contributed by atoms with Crippen LogP contribution in [0.15, 0.2) is 46.9 Å². The predicted molar refractivity (Wildman–Crippen MR) is 100.0 cm³/mol. The molecular weight excluding hydrogens is 441 g/mol. The Hall–Kier alpha value is -0.590. The van der Waals surface area contributed by atoms with E-state index >= 15 is 0 Å². The van der Waals surface area contributed by atoms with Gasteiger partial charge in [-0.25, -0.2) is 0 Å². The zero-order valence-electron chi connectivity index (χ0n) is 12.2. The summed E-state index contributed by atoms with van der Waals surface area (Å²) in [5, 5.41) is 3.64. The van der Waals surface area contributed by atoms with E-state index in [1.807, 2.05) is 6.07 Å². The molecule has 1 atom stereocenters. The van der Waals surface area contributed by atoms with Crippen LogP contribution < -0.4 is 10.1 Å².